The van der Waals surface area contributed by atoms with E-state index >= 15 is 0 Å². The van der Waals surface area contributed by atoms with E-state index < -0.39 is 0 Å². The lowest BCUT2D eigenvalue weighted by Crippen LogP contribution is -2.26. The second-order valence-corrected chi connectivity index (χ2v) is 5.15. The van der Waals surface area contributed by atoms with Crippen molar-refractivity contribution in [1.82, 2.24) is 20.2 Å². The Morgan fingerprint density at radius 3 is 2.60 bits per heavy atom. The third kappa shape index (κ3) is 2.80. The van der Waals surface area contributed by atoms with Crippen LogP contribution in [0.2, 0.25) is 0 Å². The molecule has 1 N–H and O–H groups in total. The van der Waals surface area contributed by atoms with Gasteiger partial charge in [0, 0.05) is 6.61 Å². The van der Waals surface area contributed by atoms with Crippen LogP contribution in [0.4, 0.5) is 0 Å². The van der Waals surface area contributed by atoms with Gasteiger partial charge in [-0.05, 0) is 54.2 Å². The predicted octanol–water partition coefficient (Wildman–Crippen LogP) is 1.59. The van der Waals surface area contributed by atoms with Gasteiger partial charge in [-0.25, -0.2) is 0 Å². The largest absolute Gasteiger partial charge is 0.459 e. The molecule has 0 aliphatic heterocycles. The highest BCUT2D eigenvalue weighted by Crippen LogP contribution is 2.27. The number of hydrogen-bond acceptors (Lipinski definition) is 5. The van der Waals surface area contributed by atoms with Crippen LogP contribution in [0.15, 0.2) is 30.3 Å². The zero-order valence-electron chi connectivity index (χ0n) is 11.2. The Labute approximate surface area is 117 Å². The summed E-state index contributed by atoms with van der Waals surface area (Å²) >= 11 is 0. The van der Waals surface area contributed by atoms with Gasteiger partial charge in [0.15, 0.2) is 0 Å². The van der Waals surface area contributed by atoms with Crippen LogP contribution in [0.3, 0.4) is 0 Å². The highest BCUT2D eigenvalue weighted by Gasteiger charge is 2.23. The number of aromatic nitrogens is 4. The second kappa shape index (κ2) is 6.00. The number of nitrogens with zero attached hydrogens (tertiary/aromatic N) is 4. The highest BCUT2D eigenvalue weighted by molar-refractivity contribution is 5.31. The number of aliphatic hydroxyl groups excluding tert-OH is 1. The lowest BCUT2D eigenvalue weighted by Gasteiger charge is -2.27. The van der Waals surface area contributed by atoms with E-state index in [1.165, 1.54) is 0 Å². The molecule has 0 amide bonds. The molecule has 1 aliphatic rings. The maximum absolute atomic E-state index is 9.15. The maximum atomic E-state index is 9.15. The molecule has 6 heteroatoms. The van der Waals surface area contributed by atoms with Gasteiger partial charge in [-0.2, -0.15) is 4.68 Å². The van der Waals surface area contributed by atoms with E-state index in [9.17, 15) is 0 Å². The normalized spacial score (nSPS) is 22.6. The molecule has 1 aliphatic carbocycles. The van der Waals surface area contributed by atoms with Crippen molar-refractivity contribution >= 4 is 0 Å². The van der Waals surface area contributed by atoms with E-state index in [0.29, 0.717) is 11.9 Å². The van der Waals surface area contributed by atoms with Crippen molar-refractivity contribution in [3.8, 4) is 11.7 Å². The van der Waals surface area contributed by atoms with Gasteiger partial charge in [0.1, 0.15) is 6.10 Å². The average molecular weight is 274 g/mol. The third-order valence-electron chi connectivity index (χ3n) is 3.77. The number of hydrogen-bond donors (Lipinski definition) is 1. The monoisotopic (exact) mass is 274 g/mol. The topological polar surface area (TPSA) is 73.1 Å². The number of tetrazole rings is 1. The first kappa shape index (κ1) is 13.1. The molecule has 0 saturated heterocycles. The summed E-state index contributed by atoms with van der Waals surface area (Å²) < 4.78 is 7.53. The first-order chi connectivity index (χ1) is 9.86. The van der Waals surface area contributed by atoms with Crippen LogP contribution in [0.5, 0.6) is 6.01 Å². The Morgan fingerprint density at radius 2 is 1.90 bits per heavy atom. The zero-order valence-corrected chi connectivity index (χ0v) is 11.2. The number of ether oxygens (including phenoxy) is 1. The van der Waals surface area contributed by atoms with E-state index in [1.54, 1.807) is 4.68 Å². The minimum atomic E-state index is 0.131. The van der Waals surface area contributed by atoms with E-state index in [0.717, 1.165) is 31.4 Å². The van der Waals surface area contributed by atoms with Crippen molar-refractivity contribution in [3.05, 3.63) is 30.3 Å². The summed E-state index contributed by atoms with van der Waals surface area (Å²) in [7, 11) is 0. The van der Waals surface area contributed by atoms with E-state index in [4.69, 9.17) is 9.84 Å². The Kier molecular flexibility index (Phi) is 3.92. The summed E-state index contributed by atoms with van der Waals surface area (Å²) in [5.74, 6) is 0.417. The van der Waals surface area contributed by atoms with Gasteiger partial charge >= 0.3 is 6.01 Å². The van der Waals surface area contributed by atoms with Crippen molar-refractivity contribution in [2.45, 2.75) is 31.8 Å². The first-order valence-corrected chi connectivity index (χ1v) is 6.98. The summed E-state index contributed by atoms with van der Waals surface area (Å²) in [6.45, 7) is 0.272. The third-order valence-corrected chi connectivity index (χ3v) is 3.77. The molecule has 1 saturated carbocycles. The summed E-state index contributed by atoms with van der Waals surface area (Å²) in [5, 5.41) is 20.8. The van der Waals surface area contributed by atoms with Gasteiger partial charge in [0.05, 0.1) is 5.69 Å². The molecule has 1 aromatic carbocycles. The summed E-state index contributed by atoms with van der Waals surface area (Å²) in [4.78, 5) is 0. The van der Waals surface area contributed by atoms with Crippen LogP contribution in [0.25, 0.3) is 5.69 Å². The lowest BCUT2D eigenvalue weighted by molar-refractivity contribution is 0.0945. The fraction of sp³-hybridized carbons (Fsp3) is 0.500. The van der Waals surface area contributed by atoms with Crippen LogP contribution >= 0.6 is 0 Å². The van der Waals surface area contributed by atoms with E-state index in [-0.39, 0.29) is 12.7 Å². The molecule has 6 nitrogen and oxygen atoms in total. The number of aliphatic hydroxyl groups is 1. The summed E-state index contributed by atoms with van der Waals surface area (Å²) in [5.41, 5.74) is 0.886. The molecule has 0 atom stereocenters. The van der Waals surface area contributed by atoms with Gasteiger partial charge < -0.3 is 9.84 Å². The fourth-order valence-corrected chi connectivity index (χ4v) is 2.57. The molecule has 2 aromatic rings. The van der Waals surface area contributed by atoms with Crippen molar-refractivity contribution in [2.75, 3.05) is 6.61 Å². The fourth-order valence-electron chi connectivity index (χ4n) is 2.57. The highest BCUT2D eigenvalue weighted by atomic mass is 16.5. The summed E-state index contributed by atoms with van der Waals surface area (Å²) in [6.07, 6.45) is 3.99. The Morgan fingerprint density at radius 1 is 1.15 bits per heavy atom. The molecule has 1 aromatic heterocycles. The van der Waals surface area contributed by atoms with Gasteiger partial charge in [-0.3, -0.25) is 0 Å². The minimum Gasteiger partial charge on any atom is -0.459 e. The van der Waals surface area contributed by atoms with Gasteiger partial charge in [0.2, 0.25) is 0 Å². The Balaban J connectivity index is 1.69. The first-order valence-electron chi connectivity index (χ1n) is 6.98. The minimum absolute atomic E-state index is 0.131. The molecule has 1 heterocycles. The average Bonchev–Trinajstić information content (AvgIpc) is 2.97. The van der Waals surface area contributed by atoms with E-state index in [2.05, 4.69) is 15.5 Å². The quantitative estimate of drug-likeness (QED) is 0.916. The molecule has 0 spiro atoms. The van der Waals surface area contributed by atoms with Crippen LogP contribution < -0.4 is 4.74 Å². The molecule has 0 bridgehead atoms. The molecular formula is C14H18N4O2. The van der Waals surface area contributed by atoms with Crippen LogP contribution in [-0.4, -0.2) is 38.0 Å². The van der Waals surface area contributed by atoms with Crippen molar-refractivity contribution in [1.29, 1.82) is 0 Å². The van der Waals surface area contributed by atoms with Crippen LogP contribution in [0, 0.1) is 5.92 Å². The standard InChI is InChI=1S/C14H18N4O2/c19-10-11-6-8-13(9-7-11)20-14-15-16-17-18(14)12-4-2-1-3-5-12/h1-5,11,13,19H,6-10H2. The number of rotatable bonds is 4. The Hall–Kier alpha value is -1.95. The van der Waals surface area contributed by atoms with E-state index in [1.807, 2.05) is 30.3 Å². The molecule has 0 unspecified atom stereocenters. The van der Waals surface area contributed by atoms with Crippen molar-refractivity contribution < 1.29 is 9.84 Å². The smallest absolute Gasteiger partial charge is 0.340 e. The maximum Gasteiger partial charge on any atom is 0.340 e. The molecule has 20 heavy (non-hydrogen) atoms. The van der Waals surface area contributed by atoms with Gasteiger partial charge in [-0.15, -0.1) is 0 Å². The molecule has 1 fully saturated rings. The van der Waals surface area contributed by atoms with Crippen molar-refractivity contribution in [3.63, 3.8) is 0 Å². The predicted molar refractivity (Wildman–Crippen MR) is 72.6 cm³/mol. The van der Waals surface area contributed by atoms with Crippen LogP contribution in [0.1, 0.15) is 25.7 Å². The second-order valence-electron chi connectivity index (χ2n) is 5.15. The SMILES string of the molecule is OCC1CCC(Oc2nnnn2-c2ccccc2)CC1. The number of benzene rings is 1. The number of para-hydroxylation sites is 1. The van der Waals surface area contributed by atoms with Crippen LogP contribution in [-0.2, 0) is 0 Å². The molecule has 3 rings (SSSR count). The molecule has 0 radical (unpaired) electrons. The lowest BCUT2D eigenvalue weighted by atomic mass is 9.88. The Bertz CT molecular complexity index is 535. The van der Waals surface area contributed by atoms with Crippen molar-refractivity contribution in [2.24, 2.45) is 5.92 Å². The zero-order chi connectivity index (χ0) is 13.8. The molecular weight excluding hydrogens is 256 g/mol. The molecule has 106 valence electrons. The van der Waals surface area contributed by atoms with Gasteiger partial charge in [0.25, 0.3) is 0 Å². The summed E-state index contributed by atoms with van der Waals surface area (Å²) in [6, 6.07) is 10.1. The van der Waals surface area contributed by atoms with Gasteiger partial charge in [-0.1, -0.05) is 23.3 Å².